The van der Waals surface area contributed by atoms with E-state index in [9.17, 15) is 0 Å². The van der Waals surface area contributed by atoms with Crippen molar-refractivity contribution < 1.29 is 28.2 Å². The van der Waals surface area contributed by atoms with Gasteiger partial charge in [-0.2, -0.15) is 9.97 Å². The van der Waals surface area contributed by atoms with Gasteiger partial charge in [-0.05, 0) is 245 Å². The predicted molar refractivity (Wildman–Crippen MR) is 582 cm³/mol. The van der Waals surface area contributed by atoms with Gasteiger partial charge in [-0.25, -0.2) is 19.9 Å². The molecule has 1 aliphatic rings. The SMILES string of the molecule is Brc1ccc2cc(-c3ccccc3)ccc2c1.Brc1ccc2cc(Br)ccc2c1.CC1(C)OB(c2ccc3cc(-c4ccccc4)ccc3c2)OC1(C)C.Clc1nc(-c2ccc3ccccc3c2)nc(-c2cccc3oc4ccccc4c23)n1.OB(O)c1ccccc1.c1ccc(-c2ccc3cc(-c4nc(-c5ccc6ccccc6c5)nc(-c5cccc6oc7ccccc7c56)n4)ccc3c2)cc1. The van der Waals surface area contributed by atoms with Crippen LogP contribution < -0.4 is 10.9 Å². The maximum atomic E-state index is 8.58. The molecule has 25 rings (SSSR count). The number of halogens is 4. The van der Waals surface area contributed by atoms with Crippen LogP contribution in [-0.4, -0.2) is 65.4 Å². The molecule has 5 heterocycles. The van der Waals surface area contributed by atoms with E-state index in [1.165, 1.54) is 76.5 Å². The van der Waals surface area contributed by atoms with E-state index in [0.29, 0.717) is 34.6 Å². The molecular weight excluding hydrogens is 1920 g/mol. The van der Waals surface area contributed by atoms with E-state index >= 15 is 0 Å². The van der Waals surface area contributed by atoms with Crippen molar-refractivity contribution in [3.05, 3.63) is 455 Å². The highest BCUT2D eigenvalue weighted by molar-refractivity contribution is 9.11. The lowest BCUT2D eigenvalue weighted by Gasteiger charge is -2.32. The zero-order valence-corrected chi connectivity index (χ0v) is 81.0. The highest BCUT2D eigenvalue weighted by Crippen LogP contribution is 2.42. The van der Waals surface area contributed by atoms with Gasteiger partial charge in [0.05, 0.1) is 11.2 Å². The van der Waals surface area contributed by atoms with Crippen molar-refractivity contribution in [3.63, 3.8) is 0 Å². The first kappa shape index (κ1) is 91.1. The Morgan fingerprint density at radius 2 is 0.536 bits per heavy atom. The molecule has 0 unspecified atom stereocenters. The van der Waals surface area contributed by atoms with Crippen LogP contribution in [0.25, 0.3) is 199 Å². The van der Waals surface area contributed by atoms with Crippen molar-refractivity contribution in [1.29, 1.82) is 0 Å². The zero-order valence-electron chi connectivity index (χ0n) is 75.4. The number of hydrogen-bond acceptors (Lipinski definition) is 12. The Labute approximate surface area is 829 Å². The van der Waals surface area contributed by atoms with Crippen molar-refractivity contribution in [2.75, 3.05) is 0 Å². The number of aromatic nitrogens is 6. The molecule has 0 aliphatic carbocycles. The molecule has 1 aliphatic heterocycles. The predicted octanol–water partition coefficient (Wildman–Crippen LogP) is 31.5. The number of hydrogen-bond donors (Lipinski definition) is 2. The van der Waals surface area contributed by atoms with Crippen LogP contribution in [0.2, 0.25) is 5.28 Å². The molecule has 12 nitrogen and oxygen atoms in total. The molecule has 20 aromatic carbocycles. The average Bonchev–Trinajstić information content (AvgIpc) is 1.60. The first-order chi connectivity index (χ1) is 67.3. The topological polar surface area (TPSA) is 163 Å². The van der Waals surface area contributed by atoms with E-state index in [1.54, 1.807) is 24.3 Å². The number of rotatable bonds is 10. The van der Waals surface area contributed by atoms with Crippen LogP contribution in [0.3, 0.4) is 0 Å². The number of benzene rings is 20. The Morgan fingerprint density at radius 3 is 0.935 bits per heavy atom. The summed E-state index contributed by atoms with van der Waals surface area (Å²) in [4.78, 5) is 28.8. The van der Waals surface area contributed by atoms with Crippen LogP contribution >= 0.6 is 59.4 Å². The average molecular weight is 2000 g/mol. The molecule has 1 saturated heterocycles. The van der Waals surface area contributed by atoms with Crippen molar-refractivity contribution in [2.24, 2.45) is 0 Å². The van der Waals surface area contributed by atoms with Crippen LogP contribution in [-0.2, 0) is 9.31 Å². The quantitative estimate of drug-likeness (QED) is 0.125. The Kier molecular flexibility index (Phi) is 26.6. The molecule has 24 aromatic rings. The highest BCUT2D eigenvalue weighted by Gasteiger charge is 2.51. The Morgan fingerprint density at radius 1 is 0.254 bits per heavy atom. The fourth-order valence-electron chi connectivity index (χ4n) is 17.2. The molecule has 0 amide bonds. The lowest BCUT2D eigenvalue weighted by molar-refractivity contribution is 0.00578. The van der Waals surface area contributed by atoms with Crippen LogP contribution in [0, 0.1) is 0 Å². The summed E-state index contributed by atoms with van der Waals surface area (Å²) in [6, 6.07) is 149. The molecule has 0 bridgehead atoms. The summed E-state index contributed by atoms with van der Waals surface area (Å²) in [6.07, 6.45) is 0. The molecule has 138 heavy (non-hydrogen) atoms. The monoisotopic (exact) mass is 2000 g/mol. The summed E-state index contributed by atoms with van der Waals surface area (Å²) in [6.45, 7) is 8.33. The first-order valence-corrected chi connectivity index (χ1v) is 48.1. The minimum Gasteiger partial charge on any atom is -0.456 e. The van der Waals surface area contributed by atoms with E-state index < -0.39 is 7.12 Å². The number of para-hydroxylation sites is 2. The lowest BCUT2D eigenvalue weighted by Crippen LogP contribution is -2.41. The van der Waals surface area contributed by atoms with E-state index in [0.717, 1.165) is 112 Å². The van der Waals surface area contributed by atoms with Gasteiger partial charge >= 0.3 is 14.2 Å². The van der Waals surface area contributed by atoms with Crippen LogP contribution in [0.5, 0.6) is 0 Å². The fourth-order valence-corrected chi connectivity index (χ4v) is 18.5. The summed E-state index contributed by atoms with van der Waals surface area (Å²) in [5.41, 5.74) is 16.2. The molecule has 2 N–H and O–H groups in total. The van der Waals surface area contributed by atoms with Crippen molar-refractivity contribution >= 4 is 193 Å². The van der Waals surface area contributed by atoms with E-state index in [-0.39, 0.29) is 23.6 Å². The molecule has 0 atom stereocenters. The maximum Gasteiger partial charge on any atom is 0.494 e. The van der Waals surface area contributed by atoms with Gasteiger partial charge in [0.15, 0.2) is 29.1 Å². The smallest absolute Gasteiger partial charge is 0.456 e. The Bertz CT molecular complexity index is 8560. The van der Waals surface area contributed by atoms with Gasteiger partial charge in [-0.15, -0.1) is 0 Å². The summed E-state index contributed by atoms with van der Waals surface area (Å²) in [5, 5.41) is 35.7. The zero-order chi connectivity index (χ0) is 94.4. The number of furan rings is 2. The van der Waals surface area contributed by atoms with Crippen molar-refractivity contribution in [1.82, 2.24) is 29.9 Å². The highest BCUT2D eigenvalue weighted by atomic mass is 79.9. The van der Waals surface area contributed by atoms with Gasteiger partial charge < -0.3 is 28.2 Å². The molecule has 1 fully saturated rings. The van der Waals surface area contributed by atoms with E-state index in [1.807, 2.05) is 115 Å². The minimum absolute atomic E-state index is 0.160. The van der Waals surface area contributed by atoms with Gasteiger partial charge in [0.2, 0.25) is 5.28 Å². The molecule has 666 valence electrons. The first-order valence-electron chi connectivity index (χ1n) is 45.3. The van der Waals surface area contributed by atoms with Gasteiger partial charge in [0.1, 0.15) is 22.3 Å². The molecular formula is C120H86B2Br3ClN6O6. The molecule has 0 radical (unpaired) electrons. The molecule has 4 aromatic heterocycles. The third-order valence-electron chi connectivity index (χ3n) is 25.0. The Balaban J connectivity index is 0.000000110. The van der Waals surface area contributed by atoms with Gasteiger partial charge in [-0.3, -0.25) is 0 Å². The van der Waals surface area contributed by atoms with Crippen molar-refractivity contribution in [3.8, 4) is 90.3 Å². The van der Waals surface area contributed by atoms with Crippen LogP contribution in [0.1, 0.15) is 27.7 Å². The summed E-state index contributed by atoms with van der Waals surface area (Å²) < 4.78 is 27.9. The normalized spacial score (nSPS) is 12.5. The van der Waals surface area contributed by atoms with Crippen LogP contribution in [0.4, 0.5) is 0 Å². The van der Waals surface area contributed by atoms with Gasteiger partial charge in [-0.1, -0.05) is 388 Å². The second-order valence-corrected chi connectivity index (χ2v) is 37.7. The molecule has 0 spiro atoms. The second kappa shape index (κ2) is 40.3. The number of nitrogens with zero attached hydrogens (tertiary/aromatic N) is 6. The summed E-state index contributed by atoms with van der Waals surface area (Å²) >= 11 is 16.7. The maximum absolute atomic E-state index is 8.58. The minimum atomic E-state index is -1.34. The third-order valence-corrected chi connectivity index (χ3v) is 26.7. The summed E-state index contributed by atoms with van der Waals surface area (Å²) in [5.74, 6) is 2.93. The van der Waals surface area contributed by atoms with Gasteiger partial charge in [0.25, 0.3) is 0 Å². The number of fused-ring (bicyclic) bond motifs is 12. The third kappa shape index (κ3) is 20.3. The van der Waals surface area contributed by atoms with Crippen LogP contribution in [0.15, 0.2) is 459 Å². The lowest BCUT2D eigenvalue weighted by atomic mass is 9.78. The van der Waals surface area contributed by atoms with E-state index in [4.69, 9.17) is 59.7 Å². The fraction of sp³-hybridized carbons (Fsp3) is 0.0500. The van der Waals surface area contributed by atoms with E-state index in [2.05, 4.69) is 383 Å². The van der Waals surface area contributed by atoms with Crippen molar-refractivity contribution in [2.45, 2.75) is 38.9 Å². The van der Waals surface area contributed by atoms with Gasteiger partial charge in [0, 0.05) is 62.8 Å². The largest absolute Gasteiger partial charge is 0.494 e. The summed E-state index contributed by atoms with van der Waals surface area (Å²) in [7, 11) is -1.66. The Hall–Kier alpha value is -14.7. The molecule has 0 saturated carbocycles. The standard InChI is InChI=1S/C41H25N3O.C25H14ClN3O.C22H23BO2.C16H11Br.C10H6Br2.C6H7BO2/c1-2-9-26(10-3-1)29-18-19-31-25-33(22-20-30(31)23-29)40-42-39(32-21-17-27-11-4-5-12-28(27)24-32)43-41(44-40)35-14-8-16-37-38(35)34-13-6-7-15-36(34)45-37;26-25-28-23(17-13-12-15-6-1-2-7-16(15)14-17)27-24(29-25)19-9-5-11-21-22(19)18-8-3-4-10-20(18)30-21;1-21(2)22(3,4)25-23(24-21)20-13-12-18-14-17(10-11-19(18)15-20)16-8-6-5-7-9-16;17-16-9-8-14-10-13(6-7-15(14)11-16)12-4-2-1-3-5-12;11-9-3-1-7-5-10(12)4-2-8(7)6-9;8-7(9)6-4-2-1-3-5-6/h1-25H;1-14H;5-15H,1-4H3;1-11H;1-6H;1-5,8-9H. The molecule has 18 heteroatoms. The second-order valence-electron chi connectivity index (χ2n) is 34.6.